The molecular weight excluding hydrogens is 361 g/mol. The molecule has 0 bridgehead atoms. The van der Waals surface area contributed by atoms with Crippen molar-refractivity contribution in [2.45, 2.75) is 10.3 Å². The number of carbonyl (C=O) groups excluding carboxylic acids is 2. The minimum Gasteiger partial charge on any atom is -0.497 e. The molecule has 1 aromatic rings. The van der Waals surface area contributed by atoms with Crippen LogP contribution in [0.2, 0.25) is 0 Å². The molecule has 1 rings (SSSR count). The van der Waals surface area contributed by atoms with Gasteiger partial charge in [0.25, 0.3) is 0 Å². The number of methoxy groups -OCH3 is 2. The summed E-state index contributed by atoms with van der Waals surface area (Å²) in [5.41, 5.74) is 0.861. The molecule has 0 heterocycles. The number of halogens is 1. The standard InChI is InChI=1S/C13H16INO4/c1-18-10-5-3-4-9(6-10)7-12(16)15-8-11(14)13(17)19-2/h3-6,11H,7-8H2,1-2H3,(H,15,16). The minimum absolute atomic E-state index is 0.140. The molecule has 6 heteroatoms. The van der Waals surface area contributed by atoms with Crippen LogP contribution in [-0.4, -0.2) is 36.6 Å². The number of amides is 1. The second-order valence-electron chi connectivity index (χ2n) is 3.82. The Hall–Kier alpha value is -1.31. The summed E-state index contributed by atoms with van der Waals surface area (Å²) in [4.78, 5) is 22.9. The Labute approximate surface area is 125 Å². The Bertz CT molecular complexity index is 450. The van der Waals surface area contributed by atoms with Gasteiger partial charge in [0.1, 0.15) is 9.67 Å². The number of nitrogens with one attached hydrogen (secondary N) is 1. The Balaban J connectivity index is 2.44. The molecule has 1 atom stereocenters. The second kappa shape index (κ2) is 7.98. The Kier molecular flexibility index (Phi) is 6.61. The van der Waals surface area contributed by atoms with Crippen molar-refractivity contribution in [3.05, 3.63) is 29.8 Å². The van der Waals surface area contributed by atoms with Gasteiger partial charge in [-0.05, 0) is 17.7 Å². The molecule has 0 aliphatic rings. The zero-order valence-electron chi connectivity index (χ0n) is 10.8. The van der Waals surface area contributed by atoms with E-state index in [1.54, 1.807) is 13.2 Å². The van der Waals surface area contributed by atoms with Crippen molar-refractivity contribution in [3.63, 3.8) is 0 Å². The van der Waals surface area contributed by atoms with Crippen molar-refractivity contribution < 1.29 is 19.1 Å². The summed E-state index contributed by atoms with van der Waals surface area (Å²) in [6.07, 6.45) is 0.252. The Morgan fingerprint density at radius 2 is 2.11 bits per heavy atom. The maximum absolute atomic E-state index is 11.7. The lowest BCUT2D eigenvalue weighted by atomic mass is 10.1. The largest absolute Gasteiger partial charge is 0.497 e. The van der Waals surface area contributed by atoms with Gasteiger partial charge in [-0.25, -0.2) is 0 Å². The Morgan fingerprint density at radius 3 is 2.74 bits per heavy atom. The molecule has 1 aromatic carbocycles. The minimum atomic E-state index is -0.378. The first kappa shape index (κ1) is 15.7. The normalized spacial score (nSPS) is 11.5. The van der Waals surface area contributed by atoms with E-state index in [1.807, 2.05) is 40.8 Å². The van der Waals surface area contributed by atoms with E-state index in [1.165, 1.54) is 7.11 Å². The molecule has 5 nitrogen and oxygen atoms in total. The number of esters is 1. The van der Waals surface area contributed by atoms with E-state index >= 15 is 0 Å². The highest BCUT2D eigenvalue weighted by Crippen LogP contribution is 2.12. The quantitative estimate of drug-likeness (QED) is 0.462. The van der Waals surface area contributed by atoms with Crippen molar-refractivity contribution in [1.29, 1.82) is 0 Å². The number of hydrogen-bond donors (Lipinski definition) is 1. The van der Waals surface area contributed by atoms with Crippen LogP contribution in [0.5, 0.6) is 5.75 Å². The van der Waals surface area contributed by atoms with E-state index in [0.29, 0.717) is 5.75 Å². The average molecular weight is 377 g/mol. The van der Waals surface area contributed by atoms with Gasteiger partial charge in [0.15, 0.2) is 0 Å². The molecule has 19 heavy (non-hydrogen) atoms. The third-order valence-corrected chi connectivity index (χ3v) is 3.38. The molecule has 0 aliphatic heterocycles. The fourth-order valence-electron chi connectivity index (χ4n) is 1.44. The van der Waals surface area contributed by atoms with Gasteiger partial charge < -0.3 is 14.8 Å². The van der Waals surface area contributed by atoms with Crippen LogP contribution < -0.4 is 10.1 Å². The van der Waals surface area contributed by atoms with E-state index < -0.39 is 0 Å². The van der Waals surface area contributed by atoms with Gasteiger partial charge in [0.2, 0.25) is 5.91 Å². The fraction of sp³-hybridized carbons (Fsp3) is 0.385. The molecule has 1 unspecified atom stereocenters. The zero-order valence-corrected chi connectivity index (χ0v) is 13.0. The summed E-state index contributed by atoms with van der Waals surface area (Å²) >= 11 is 1.93. The van der Waals surface area contributed by atoms with Gasteiger partial charge in [-0.2, -0.15) is 0 Å². The van der Waals surface area contributed by atoms with Gasteiger partial charge in [-0.3, -0.25) is 9.59 Å². The molecule has 0 radical (unpaired) electrons. The smallest absolute Gasteiger partial charge is 0.320 e. The highest BCUT2D eigenvalue weighted by molar-refractivity contribution is 14.1. The number of carbonyl (C=O) groups is 2. The SMILES string of the molecule is COC(=O)C(I)CNC(=O)Cc1cccc(OC)c1. The highest BCUT2D eigenvalue weighted by atomic mass is 127. The molecular formula is C13H16INO4. The van der Waals surface area contributed by atoms with E-state index in [4.69, 9.17) is 4.74 Å². The third kappa shape index (κ3) is 5.46. The summed E-state index contributed by atoms with van der Waals surface area (Å²) < 4.78 is 9.29. The highest BCUT2D eigenvalue weighted by Gasteiger charge is 2.15. The van der Waals surface area contributed by atoms with E-state index in [-0.39, 0.29) is 28.8 Å². The third-order valence-electron chi connectivity index (χ3n) is 2.43. The van der Waals surface area contributed by atoms with E-state index in [0.717, 1.165) is 5.56 Å². The van der Waals surface area contributed by atoms with Gasteiger partial charge in [-0.1, -0.05) is 34.7 Å². The number of alkyl halides is 1. The molecule has 104 valence electrons. The molecule has 0 spiro atoms. The zero-order chi connectivity index (χ0) is 14.3. The Morgan fingerprint density at radius 1 is 1.37 bits per heavy atom. The van der Waals surface area contributed by atoms with Gasteiger partial charge in [0.05, 0.1) is 20.6 Å². The summed E-state index contributed by atoms with van der Waals surface area (Å²) in [5.74, 6) is 0.229. The summed E-state index contributed by atoms with van der Waals surface area (Å²) in [7, 11) is 2.91. The number of ether oxygens (including phenoxy) is 2. The predicted molar refractivity (Wildman–Crippen MR) is 79.5 cm³/mol. The molecule has 0 saturated carbocycles. The maximum Gasteiger partial charge on any atom is 0.320 e. The lowest BCUT2D eigenvalue weighted by Crippen LogP contribution is -2.34. The van der Waals surface area contributed by atoms with Crippen LogP contribution in [0.1, 0.15) is 5.56 Å². The molecule has 0 fully saturated rings. The molecule has 0 aromatic heterocycles. The van der Waals surface area contributed by atoms with Crippen molar-refractivity contribution in [1.82, 2.24) is 5.32 Å². The summed E-state index contributed by atoms with van der Waals surface area (Å²) in [6.45, 7) is 0.260. The van der Waals surface area contributed by atoms with Gasteiger partial charge in [-0.15, -0.1) is 0 Å². The molecule has 0 aliphatic carbocycles. The van der Waals surface area contributed by atoms with Crippen molar-refractivity contribution in [3.8, 4) is 5.75 Å². The van der Waals surface area contributed by atoms with Crippen LogP contribution in [0.15, 0.2) is 24.3 Å². The monoisotopic (exact) mass is 377 g/mol. The van der Waals surface area contributed by atoms with Crippen molar-refractivity contribution >= 4 is 34.5 Å². The van der Waals surface area contributed by atoms with Crippen LogP contribution in [0.4, 0.5) is 0 Å². The van der Waals surface area contributed by atoms with Gasteiger partial charge >= 0.3 is 5.97 Å². The second-order valence-corrected chi connectivity index (χ2v) is 5.33. The number of hydrogen-bond acceptors (Lipinski definition) is 4. The van der Waals surface area contributed by atoms with Crippen molar-refractivity contribution in [2.24, 2.45) is 0 Å². The average Bonchev–Trinajstić information content (AvgIpc) is 2.44. The molecule has 1 N–H and O–H groups in total. The summed E-state index contributed by atoms with van der Waals surface area (Å²) in [6, 6.07) is 7.31. The van der Waals surface area contributed by atoms with Crippen molar-refractivity contribution in [2.75, 3.05) is 20.8 Å². The first-order valence-electron chi connectivity index (χ1n) is 5.68. The molecule has 0 saturated heterocycles. The first-order chi connectivity index (χ1) is 9.06. The van der Waals surface area contributed by atoms with Crippen LogP contribution in [0.3, 0.4) is 0 Å². The fourth-order valence-corrected chi connectivity index (χ4v) is 1.92. The van der Waals surface area contributed by atoms with Gasteiger partial charge in [0, 0.05) is 6.54 Å². The first-order valence-corrected chi connectivity index (χ1v) is 6.93. The van der Waals surface area contributed by atoms with Crippen LogP contribution in [0.25, 0.3) is 0 Å². The lowest BCUT2D eigenvalue weighted by Gasteiger charge is -2.09. The predicted octanol–water partition coefficient (Wildman–Crippen LogP) is 1.33. The van der Waals surface area contributed by atoms with Crippen LogP contribution in [0, 0.1) is 0 Å². The number of benzene rings is 1. The topological polar surface area (TPSA) is 64.6 Å². The number of rotatable bonds is 6. The van der Waals surface area contributed by atoms with E-state index in [9.17, 15) is 9.59 Å². The van der Waals surface area contributed by atoms with Crippen LogP contribution in [-0.2, 0) is 20.7 Å². The van der Waals surface area contributed by atoms with E-state index in [2.05, 4.69) is 10.1 Å². The summed E-state index contributed by atoms with van der Waals surface area (Å²) in [5, 5.41) is 2.70. The maximum atomic E-state index is 11.7. The van der Waals surface area contributed by atoms with Crippen LogP contribution >= 0.6 is 22.6 Å². The lowest BCUT2D eigenvalue weighted by molar-refractivity contribution is -0.139. The molecule has 1 amide bonds.